The molecule has 0 atom stereocenters. The van der Waals surface area contributed by atoms with E-state index in [1.165, 1.54) is 0 Å². The molecular formula is C8H6FNO3. The third kappa shape index (κ3) is 2.08. The van der Waals surface area contributed by atoms with Crippen molar-refractivity contribution in [3.63, 3.8) is 0 Å². The van der Waals surface area contributed by atoms with Crippen LogP contribution in [0.15, 0.2) is 18.2 Å². The Morgan fingerprint density at radius 3 is 2.77 bits per heavy atom. The minimum absolute atomic E-state index is 0.0456. The van der Waals surface area contributed by atoms with Gasteiger partial charge in [0.2, 0.25) is 0 Å². The fourth-order valence-electron chi connectivity index (χ4n) is 0.921. The van der Waals surface area contributed by atoms with E-state index in [4.69, 9.17) is 0 Å². The van der Waals surface area contributed by atoms with Crippen molar-refractivity contribution in [3.8, 4) is 0 Å². The van der Waals surface area contributed by atoms with E-state index in [1.54, 1.807) is 0 Å². The lowest BCUT2D eigenvalue weighted by Gasteiger charge is -1.97. The number of nitro groups is 1. The second-order valence-electron chi connectivity index (χ2n) is 2.40. The first-order chi connectivity index (χ1) is 6.15. The molecule has 0 saturated heterocycles. The summed E-state index contributed by atoms with van der Waals surface area (Å²) in [6, 6.07) is 3.10. The topological polar surface area (TPSA) is 60.2 Å². The fraction of sp³-hybridized carbons (Fsp3) is 0.125. The summed E-state index contributed by atoms with van der Waals surface area (Å²) in [5.74, 6) is -0.599. The number of non-ortho nitro benzene ring substituents is 1. The monoisotopic (exact) mass is 183 g/mol. The molecule has 1 aromatic rings. The van der Waals surface area contributed by atoms with Crippen LogP contribution in [0.1, 0.15) is 5.56 Å². The third-order valence-corrected chi connectivity index (χ3v) is 1.54. The van der Waals surface area contributed by atoms with Gasteiger partial charge in [-0.05, 0) is 6.07 Å². The van der Waals surface area contributed by atoms with Crippen molar-refractivity contribution < 1.29 is 14.1 Å². The van der Waals surface area contributed by atoms with Crippen LogP contribution in [0.4, 0.5) is 10.1 Å². The molecule has 0 saturated carbocycles. The molecule has 0 aliphatic carbocycles. The minimum atomic E-state index is -0.631. The van der Waals surface area contributed by atoms with Crippen molar-refractivity contribution in [3.05, 3.63) is 39.7 Å². The van der Waals surface area contributed by atoms with E-state index in [0.717, 1.165) is 18.2 Å². The SMILES string of the molecule is O=CCc1cc([N+](=O)[O-])ccc1F. The molecule has 1 aromatic carbocycles. The summed E-state index contributed by atoms with van der Waals surface area (Å²) in [7, 11) is 0. The zero-order valence-electron chi connectivity index (χ0n) is 6.57. The molecule has 68 valence electrons. The van der Waals surface area contributed by atoms with Gasteiger partial charge in [-0.1, -0.05) is 0 Å². The molecule has 0 radical (unpaired) electrons. The largest absolute Gasteiger partial charge is 0.303 e. The molecule has 4 nitrogen and oxygen atoms in total. The van der Waals surface area contributed by atoms with Crippen molar-refractivity contribution in [2.45, 2.75) is 6.42 Å². The molecule has 5 heteroatoms. The van der Waals surface area contributed by atoms with Crippen LogP contribution in [-0.4, -0.2) is 11.2 Å². The third-order valence-electron chi connectivity index (χ3n) is 1.54. The van der Waals surface area contributed by atoms with Crippen LogP contribution in [0.25, 0.3) is 0 Å². The van der Waals surface area contributed by atoms with Crippen LogP contribution < -0.4 is 0 Å². The van der Waals surface area contributed by atoms with Gasteiger partial charge in [0, 0.05) is 24.1 Å². The van der Waals surface area contributed by atoms with E-state index in [9.17, 15) is 19.3 Å². The van der Waals surface area contributed by atoms with Crippen LogP contribution in [0.3, 0.4) is 0 Å². The maximum absolute atomic E-state index is 12.8. The number of hydrogen-bond donors (Lipinski definition) is 0. The Bertz CT molecular complexity index is 351. The highest BCUT2D eigenvalue weighted by molar-refractivity contribution is 5.56. The van der Waals surface area contributed by atoms with Gasteiger partial charge in [-0.15, -0.1) is 0 Å². The van der Waals surface area contributed by atoms with E-state index < -0.39 is 10.7 Å². The predicted octanol–water partition coefficient (Wildman–Crippen LogP) is 1.48. The number of nitro benzene ring substituents is 1. The highest BCUT2D eigenvalue weighted by Crippen LogP contribution is 2.16. The van der Waals surface area contributed by atoms with Gasteiger partial charge in [0.05, 0.1) is 4.92 Å². The lowest BCUT2D eigenvalue weighted by Crippen LogP contribution is -1.95. The molecule has 0 unspecified atom stereocenters. The Kier molecular flexibility index (Phi) is 2.69. The number of carbonyl (C=O) groups excluding carboxylic acids is 1. The van der Waals surface area contributed by atoms with Crippen molar-refractivity contribution in [2.24, 2.45) is 0 Å². The predicted molar refractivity (Wildman–Crippen MR) is 42.8 cm³/mol. The number of rotatable bonds is 3. The summed E-state index contributed by atoms with van der Waals surface area (Å²) in [6.07, 6.45) is 0.357. The number of hydrogen-bond acceptors (Lipinski definition) is 3. The van der Waals surface area contributed by atoms with Crippen LogP contribution in [0.5, 0.6) is 0 Å². The van der Waals surface area contributed by atoms with Crippen LogP contribution in [0.2, 0.25) is 0 Å². The molecule has 0 aliphatic heterocycles. The van der Waals surface area contributed by atoms with Crippen molar-refractivity contribution >= 4 is 12.0 Å². The Morgan fingerprint density at radius 2 is 2.23 bits per heavy atom. The summed E-state index contributed by atoms with van der Waals surface area (Å²) in [5, 5.41) is 10.3. The maximum atomic E-state index is 12.8. The lowest BCUT2D eigenvalue weighted by molar-refractivity contribution is -0.385. The van der Waals surface area contributed by atoms with E-state index in [-0.39, 0.29) is 17.7 Å². The summed E-state index contributed by atoms with van der Waals surface area (Å²) >= 11 is 0. The molecule has 0 spiro atoms. The number of carbonyl (C=O) groups is 1. The van der Waals surface area contributed by atoms with Crippen molar-refractivity contribution in [1.82, 2.24) is 0 Å². The highest BCUT2D eigenvalue weighted by Gasteiger charge is 2.09. The molecular weight excluding hydrogens is 177 g/mol. The van der Waals surface area contributed by atoms with E-state index in [2.05, 4.69) is 0 Å². The Balaban J connectivity index is 3.10. The second kappa shape index (κ2) is 3.75. The molecule has 1 rings (SSSR count). The van der Waals surface area contributed by atoms with E-state index in [0.29, 0.717) is 6.29 Å². The Hall–Kier alpha value is -1.78. The quantitative estimate of drug-likeness (QED) is 0.405. The standard InChI is InChI=1S/C8H6FNO3/c9-8-2-1-7(10(12)13)5-6(8)3-4-11/h1-2,4-5H,3H2. The van der Waals surface area contributed by atoms with Gasteiger partial charge in [-0.2, -0.15) is 0 Å². The van der Waals surface area contributed by atoms with Gasteiger partial charge < -0.3 is 4.79 Å². The van der Waals surface area contributed by atoms with Gasteiger partial charge in [-0.3, -0.25) is 10.1 Å². The average molecular weight is 183 g/mol. The van der Waals surface area contributed by atoms with Crippen molar-refractivity contribution in [2.75, 3.05) is 0 Å². The number of aldehydes is 1. The van der Waals surface area contributed by atoms with E-state index >= 15 is 0 Å². The molecule has 0 aromatic heterocycles. The van der Waals surface area contributed by atoms with Gasteiger partial charge >= 0.3 is 0 Å². The van der Waals surface area contributed by atoms with E-state index in [1.807, 2.05) is 0 Å². The van der Waals surface area contributed by atoms with Gasteiger partial charge in [0.25, 0.3) is 5.69 Å². The summed E-state index contributed by atoms with van der Waals surface area (Å²) < 4.78 is 12.8. The average Bonchev–Trinajstić information content (AvgIpc) is 2.08. The first-order valence-electron chi connectivity index (χ1n) is 3.51. The van der Waals surface area contributed by atoms with Crippen LogP contribution in [0, 0.1) is 15.9 Å². The Morgan fingerprint density at radius 1 is 1.54 bits per heavy atom. The first kappa shape index (κ1) is 9.31. The highest BCUT2D eigenvalue weighted by atomic mass is 19.1. The maximum Gasteiger partial charge on any atom is 0.269 e. The second-order valence-corrected chi connectivity index (χ2v) is 2.40. The molecule has 0 heterocycles. The molecule has 0 fully saturated rings. The first-order valence-corrected chi connectivity index (χ1v) is 3.51. The minimum Gasteiger partial charge on any atom is -0.303 e. The molecule has 0 aliphatic rings. The molecule has 0 N–H and O–H groups in total. The molecule has 0 amide bonds. The van der Waals surface area contributed by atoms with Gasteiger partial charge in [0.15, 0.2) is 0 Å². The van der Waals surface area contributed by atoms with Crippen molar-refractivity contribution in [1.29, 1.82) is 0 Å². The van der Waals surface area contributed by atoms with Gasteiger partial charge in [0.1, 0.15) is 12.1 Å². The fourth-order valence-corrected chi connectivity index (χ4v) is 0.921. The number of benzene rings is 1. The van der Waals surface area contributed by atoms with Crippen LogP contribution >= 0.6 is 0 Å². The van der Waals surface area contributed by atoms with Gasteiger partial charge in [-0.25, -0.2) is 4.39 Å². The number of halogens is 1. The Labute approximate surface area is 73.1 Å². The summed E-state index contributed by atoms with van der Waals surface area (Å²) in [6.45, 7) is 0. The molecule has 13 heavy (non-hydrogen) atoms. The molecule has 0 bridgehead atoms. The normalized spacial score (nSPS) is 9.62. The smallest absolute Gasteiger partial charge is 0.269 e. The summed E-state index contributed by atoms with van der Waals surface area (Å²) in [4.78, 5) is 19.7. The lowest BCUT2D eigenvalue weighted by atomic mass is 10.1. The zero-order chi connectivity index (χ0) is 9.84. The van der Waals surface area contributed by atoms with Crippen LogP contribution in [-0.2, 0) is 11.2 Å². The zero-order valence-corrected chi connectivity index (χ0v) is 6.57. The number of nitrogens with zero attached hydrogens (tertiary/aromatic N) is 1. The summed E-state index contributed by atoms with van der Waals surface area (Å²) in [5.41, 5.74) is -0.164.